The molecule has 0 saturated carbocycles. The lowest BCUT2D eigenvalue weighted by atomic mass is 10.1. The Morgan fingerprint density at radius 3 is 2.56 bits per heavy atom. The van der Waals surface area contributed by atoms with Gasteiger partial charge in [-0.15, -0.1) is 0 Å². The molecule has 2 heterocycles. The van der Waals surface area contributed by atoms with Crippen molar-refractivity contribution in [3.63, 3.8) is 0 Å². The molecular formula is C18H18F3N5O. The van der Waals surface area contributed by atoms with Gasteiger partial charge in [-0.1, -0.05) is 18.2 Å². The van der Waals surface area contributed by atoms with E-state index in [1.165, 1.54) is 7.05 Å². The fraction of sp³-hybridized carbons (Fsp3) is 0.278. The van der Waals surface area contributed by atoms with Crippen molar-refractivity contribution in [2.75, 3.05) is 19.0 Å². The summed E-state index contributed by atoms with van der Waals surface area (Å²) < 4.78 is 39.2. The fourth-order valence-corrected chi connectivity index (χ4v) is 2.69. The van der Waals surface area contributed by atoms with Gasteiger partial charge < -0.3 is 10.2 Å². The molecule has 3 rings (SSSR count). The van der Waals surface area contributed by atoms with Gasteiger partial charge in [-0.2, -0.15) is 18.3 Å². The maximum absolute atomic E-state index is 12.8. The van der Waals surface area contributed by atoms with E-state index < -0.39 is 17.8 Å². The van der Waals surface area contributed by atoms with E-state index in [0.717, 1.165) is 33.0 Å². The summed E-state index contributed by atoms with van der Waals surface area (Å²) in [4.78, 5) is 18.7. The zero-order chi connectivity index (χ0) is 19.8. The highest BCUT2D eigenvalue weighted by molar-refractivity contribution is 5.93. The van der Waals surface area contributed by atoms with Crippen LogP contribution in [0.3, 0.4) is 0 Å². The molecule has 0 fully saturated rings. The van der Waals surface area contributed by atoms with Gasteiger partial charge in [0.25, 0.3) is 5.91 Å². The largest absolute Gasteiger partial charge is 0.435 e. The highest BCUT2D eigenvalue weighted by atomic mass is 19.4. The second kappa shape index (κ2) is 6.90. The molecule has 0 aliphatic heterocycles. The Balaban J connectivity index is 1.87. The van der Waals surface area contributed by atoms with Crippen molar-refractivity contribution in [1.29, 1.82) is 0 Å². The van der Waals surface area contributed by atoms with Crippen LogP contribution in [0.5, 0.6) is 0 Å². The number of aromatic nitrogens is 3. The number of alkyl halides is 3. The number of nitrogens with one attached hydrogen (secondary N) is 1. The van der Waals surface area contributed by atoms with Gasteiger partial charge in [0, 0.05) is 39.1 Å². The van der Waals surface area contributed by atoms with Gasteiger partial charge in [0.2, 0.25) is 0 Å². The first-order valence-electron chi connectivity index (χ1n) is 8.12. The van der Waals surface area contributed by atoms with E-state index in [1.807, 2.05) is 49.3 Å². The maximum Gasteiger partial charge on any atom is 0.435 e. The smallest absolute Gasteiger partial charge is 0.363 e. The molecule has 27 heavy (non-hydrogen) atoms. The number of halogens is 3. The normalized spacial score (nSPS) is 11.6. The van der Waals surface area contributed by atoms with Crippen LogP contribution >= 0.6 is 0 Å². The molecule has 6 nitrogen and oxygen atoms in total. The van der Waals surface area contributed by atoms with Crippen LogP contribution in [-0.4, -0.2) is 34.8 Å². The van der Waals surface area contributed by atoms with Crippen LogP contribution in [0.1, 0.15) is 21.7 Å². The molecular weight excluding hydrogens is 359 g/mol. The van der Waals surface area contributed by atoms with E-state index in [9.17, 15) is 18.0 Å². The summed E-state index contributed by atoms with van der Waals surface area (Å²) in [5.41, 5.74) is 0.330. The first-order chi connectivity index (χ1) is 12.7. The molecule has 142 valence electrons. The Morgan fingerprint density at radius 2 is 1.93 bits per heavy atom. The Labute approximate surface area is 153 Å². The van der Waals surface area contributed by atoms with Crippen LogP contribution in [0, 0.1) is 0 Å². The molecule has 2 aromatic heterocycles. The van der Waals surface area contributed by atoms with Gasteiger partial charge in [-0.3, -0.25) is 9.48 Å². The summed E-state index contributed by atoms with van der Waals surface area (Å²) >= 11 is 0. The van der Waals surface area contributed by atoms with Crippen molar-refractivity contribution in [1.82, 2.24) is 20.1 Å². The lowest BCUT2D eigenvalue weighted by molar-refractivity contribution is -0.141. The van der Waals surface area contributed by atoms with Crippen molar-refractivity contribution in [3.05, 3.63) is 53.3 Å². The van der Waals surface area contributed by atoms with E-state index in [1.54, 1.807) is 0 Å². The average molecular weight is 377 g/mol. The van der Waals surface area contributed by atoms with E-state index in [0.29, 0.717) is 0 Å². The van der Waals surface area contributed by atoms with E-state index in [-0.39, 0.29) is 12.2 Å². The number of rotatable bonds is 4. The molecule has 0 aliphatic carbocycles. The lowest BCUT2D eigenvalue weighted by Crippen LogP contribution is -2.25. The third-order valence-electron chi connectivity index (χ3n) is 4.09. The molecule has 0 radical (unpaired) electrons. The lowest BCUT2D eigenvalue weighted by Gasteiger charge is -2.15. The highest BCUT2D eigenvalue weighted by Gasteiger charge is 2.35. The number of para-hydroxylation sites is 1. The number of benzene rings is 1. The minimum absolute atomic E-state index is 0.148. The Kier molecular flexibility index (Phi) is 4.77. The Bertz CT molecular complexity index is 994. The molecule has 0 spiro atoms. The summed E-state index contributed by atoms with van der Waals surface area (Å²) in [6.07, 6.45) is -4.60. The number of pyridine rings is 1. The number of carbonyl (C=O) groups excluding carboxylic acids is 1. The van der Waals surface area contributed by atoms with Crippen molar-refractivity contribution < 1.29 is 18.0 Å². The molecule has 1 N–H and O–H groups in total. The second-order valence-corrected chi connectivity index (χ2v) is 6.27. The predicted octanol–water partition coefficient (Wildman–Crippen LogP) is 2.98. The highest BCUT2D eigenvalue weighted by Crippen LogP contribution is 2.28. The van der Waals surface area contributed by atoms with E-state index in [4.69, 9.17) is 0 Å². The minimum atomic E-state index is -4.60. The van der Waals surface area contributed by atoms with Crippen LogP contribution in [-0.2, 0) is 19.8 Å². The zero-order valence-electron chi connectivity index (χ0n) is 15.0. The number of aryl methyl sites for hydroxylation is 1. The van der Waals surface area contributed by atoms with Crippen LogP contribution in [0.15, 0.2) is 36.4 Å². The SMILES string of the molecule is CN(C)c1cc(CNC(=O)c2cc(C(F)(F)F)nn2C)c2ccccc2n1. The summed E-state index contributed by atoms with van der Waals surface area (Å²) in [7, 11) is 5.01. The molecule has 0 unspecified atom stereocenters. The quantitative estimate of drug-likeness (QED) is 0.759. The Morgan fingerprint density at radius 1 is 1.22 bits per heavy atom. The summed E-state index contributed by atoms with van der Waals surface area (Å²) in [6.45, 7) is 0.148. The molecule has 3 aromatic rings. The Hall–Kier alpha value is -3.10. The van der Waals surface area contributed by atoms with Crippen LogP contribution in [0.4, 0.5) is 19.0 Å². The number of hydrogen-bond acceptors (Lipinski definition) is 4. The summed E-state index contributed by atoms with van der Waals surface area (Å²) in [5, 5.41) is 6.89. The van der Waals surface area contributed by atoms with E-state index in [2.05, 4.69) is 15.4 Å². The van der Waals surface area contributed by atoms with Crippen LogP contribution in [0.2, 0.25) is 0 Å². The second-order valence-electron chi connectivity index (χ2n) is 6.27. The molecule has 1 aromatic carbocycles. The zero-order valence-corrected chi connectivity index (χ0v) is 15.0. The molecule has 9 heteroatoms. The van der Waals surface area contributed by atoms with E-state index >= 15 is 0 Å². The van der Waals surface area contributed by atoms with Crippen molar-refractivity contribution in [2.24, 2.45) is 7.05 Å². The monoisotopic (exact) mass is 377 g/mol. The first-order valence-corrected chi connectivity index (χ1v) is 8.12. The number of nitrogens with zero attached hydrogens (tertiary/aromatic N) is 4. The van der Waals surface area contributed by atoms with Crippen LogP contribution in [0.25, 0.3) is 10.9 Å². The van der Waals surface area contributed by atoms with Gasteiger partial charge in [-0.25, -0.2) is 4.98 Å². The van der Waals surface area contributed by atoms with Gasteiger partial charge in [-0.05, 0) is 17.7 Å². The van der Waals surface area contributed by atoms with Crippen molar-refractivity contribution in [2.45, 2.75) is 12.7 Å². The number of fused-ring (bicyclic) bond motifs is 1. The summed E-state index contributed by atoms with van der Waals surface area (Å²) in [5.74, 6) is 0.0886. The standard InChI is InChI=1S/C18H18F3N5O/c1-25(2)16-8-11(12-6-4-5-7-13(12)23-16)10-22-17(27)14-9-15(18(19,20)21)24-26(14)3/h4-9H,10H2,1-3H3,(H,22,27). The van der Waals surface area contributed by atoms with Crippen molar-refractivity contribution >= 4 is 22.6 Å². The topological polar surface area (TPSA) is 63.1 Å². The van der Waals surface area contributed by atoms with Gasteiger partial charge in [0.1, 0.15) is 11.5 Å². The number of hydrogen-bond donors (Lipinski definition) is 1. The number of amides is 1. The minimum Gasteiger partial charge on any atom is -0.363 e. The molecule has 0 bridgehead atoms. The van der Waals surface area contributed by atoms with Crippen LogP contribution < -0.4 is 10.2 Å². The summed E-state index contributed by atoms with van der Waals surface area (Å²) in [6, 6.07) is 10.1. The molecule has 0 saturated heterocycles. The predicted molar refractivity (Wildman–Crippen MR) is 95.5 cm³/mol. The van der Waals surface area contributed by atoms with Gasteiger partial charge >= 0.3 is 6.18 Å². The maximum atomic E-state index is 12.8. The molecule has 0 atom stereocenters. The average Bonchev–Trinajstić information content (AvgIpc) is 3.01. The molecule has 1 amide bonds. The fourth-order valence-electron chi connectivity index (χ4n) is 2.69. The van der Waals surface area contributed by atoms with Gasteiger partial charge in [0.15, 0.2) is 5.69 Å². The van der Waals surface area contributed by atoms with Gasteiger partial charge in [0.05, 0.1) is 5.52 Å². The first kappa shape index (κ1) is 18.7. The third kappa shape index (κ3) is 3.86. The number of anilines is 1. The number of carbonyl (C=O) groups is 1. The molecule has 0 aliphatic rings. The van der Waals surface area contributed by atoms with Crippen molar-refractivity contribution in [3.8, 4) is 0 Å². The third-order valence-corrected chi connectivity index (χ3v) is 4.09.